The highest BCUT2D eigenvalue weighted by atomic mass is 16.6. The lowest BCUT2D eigenvalue weighted by atomic mass is 10.1. The van der Waals surface area contributed by atoms with E-state index in [1.807, 2.05) is 0 Å². The first-order valence-electron chi connectivity index (χ1n) is 14.0. The molecule has 12 nitrogen and oxygen atoms in total. The molecule has 2 amide bonds. The zero-order valence-corrected chi connectivity index (χ0v) is 27.0. The van der Waals surface area contributed by atoms with E-state index in [2.05, 4.69) is 10.6 Å². The monoisotopic (exact) mass is 588 g/mol. The molecule has 2 N–H and O–H groups in total. The molecule has 0 bridgehead atoms. The second kappa shape index (κ2) is 15.8. The topological polar surface area (TPSA) is 156 Å². The van der Waals surface area contributed by atoms with Crippen LogP contribution in [0.5, 0.6) is 0 Å². The number of esters is 3. The Kier molecular flexibility index (Phi) is 14.6. The van der Waals surface area contributed by atoms with Crippen molar-refractivity contribution in [3.8, 4) is 0 Å². The Morgan fingerprint density at radius 3 is 1.56 bits per heavy atom. The molecule has 0 fully saturated rings. The zero-order chi connectivity index (χ0) is 32.2. The number of hydrogen-bond acceptors (Lipinski definition) is 10. The van der Waals surface area contributed by atoms with Gasteiger partial charge in [0.25, 0.3) is 0 Å². The maximum atomic E-state index is 12.8. The third kappa shape index (κ3) is 21.4. The van der Waals surface area contributed by atoms with Crippen molar-refractivity contribution < 1.29 is 47.7 Å². The second-order valence-electron chi connectivity index (χ2n) is 13.7. The van der Waals surface area contributed by atoms with E-state index in [0.29, 0.717) is 12.8 Å². The SMILES string of the molecule is CC(C)(C)OC(=O)CCC(NC(=O)OC(CCCCNC(=O)OC(C)(C)C)C(=O)OC(C)(C)C)C(=O)OC(C)(C)C. The fourth-order valence-electron chi connectivity index (χ4n) is 3.13. The van der Waals surface area contributed by atoms with Crippen LogP contribution in [0.15, 0.2) is 0 Å². The van der Waals surface area contributed by atoms with Gasteiger partial charge in [0.15, 0.2) is 0 Å². The van der Waals surface area contributed by atoms with Gasteiger partial charge in [-0.25, -0.2) is 19.2 Å². The quantitative estimate of drug-likeness (QED) is 0.182. The maximum Gasteiger partial charge on any atom is 0.408 e. The van der Waals surface area contributed by atoms with Gasteiger partial charge in [0.05, 0.1) is 0 Å². The zero-order valence-electron chi connectivity index (χ0n) is 27.0. The molecule has 0 aliphatic carbocycles. The molecule has 0 heterocycles. The average molecular weight is 589 g/mol. The van der Waals surface area contributed by atoms with Gasteiger partial charge in [0.2, 0.25) is 6.10 Å². The van der Waals surface area contributed by atoms with Crippen LogP contribution in [-0.4, -0.2) is 71.2 Å². The molecule has 41 heavy (non-hydrogen) atoms. The van der Waals surface area contributed by atoms with Crippen molar-refractivity contribution >= 4 is 30.1 Å². The van der Waals surface area contributed by atoms with Crippen LogP contribution in [0, 0.1) is 0 Å². The fourth-order valence-corrected chi connectivity index (χ4v) is 3.13. The fraction of sp³-hybridized carbons (Fsp3) is 0.828. The van der Waals surface area contributed by atoms with E-state index < -0.39 is 64.6 Å². The number of hydrogen-bond donors (Lipinski definition) is 2. The van der Waals surface area contributed by atoms with Gasteiger partial charge in [-0.1, -0.05) is 0 Å². The summed E-state index contributed by atoms with van der Waals surface area (Å²) in [5.41, 5.74) is -3.02. The Bertz CT molecular complexity index is 889. The number of nitrogens with one attached hydrogen (secondary N) is 2. The number of rotatable bonds is 12. The van der Waals surface area contributed by atoms with Crippen LogP contribution < -0.4 is 10.6 Å². The summed E-state index contributed by atoms with van der Waals surface area (Å²) in [5, 5.41) is 5.05. The van der Waals surface area contributed by atoms with Crippen molar-refractivity contribution in [3.63, 3.8) is 0 Å². The van der Waals surface area contributed by atoms with E-state index in [1.54, 1.807) is 83.1 Å². The number of unbranched alkanes of at least 4 members (excludes halogenated alkanes) is 1. The normalized spacial score (nSPS) is 13.8. The minimum atomic E-state index is -1.28. The van der Waals surface area contributed by atoms with Gasteiger partial charge in [-0.15, -0.1) is 0 Å². The van der Waals surface area contributed by atoms with Crippen LogP contribution in [-0.2, 0) is 38.1 Å². The molecular weight excluding hydrogens is 536 g/mol. The summed E-state index contributed by atoms with van der Waals surface area (Å²) >= 11 is 0. The highest BCUT2D eigenvalue weighted by molar-refractivity contribution is 5.84. The smallest absolute Gasteiger partial charge is 0.408 e. The molecule has 0 rings (SSSR count). The average Bonchev–Trinajstić information content (AvgIpc) is 2.70. The first-order valence-corrected chi connectivity index (χ1v) is 14.0. The van der Waals surface area contributed by atoms with E-state index in [1.165, 1.54) is 0 Å². The number of amides is 2. The summed E-state index contributed by atoms with van der Waals surface area (Å²) in [6.45, 7) is 20.8. The molecule has 0 aromatic carbocycles. The molecule has 0 aromatic heterocycles. The molecule has 2 unspecified atom stereocenters. The summed E-state index contributed by atoms with van der Waals surface area (Å²) in [4.78, 5) is 62.5. The predicted molar refractivity (Wildman–Crippen MR) is 152 cm³/mol. The molecule has 0 spiro atoms. The molecule has 2 atom stereocenters. The van der Waals surface area contributed by atoms with Gasteiger partial charge in [-0.2, -0.15) is 0 Å². The van der Waals surface area contributed by atoms with E-state index in [-0.39, 0.29) is 25.8 Å². The number of alkyl carbamates (subject to hydrolysis) is 2. The molecule has 0 aliphatic rings. The summed E-state index contributed by atoms with van der Waals surface area (Å²) in [5.74, 6) is -2.07. The lowest BCUT2D eigenvalue weighted by molar-refractivity contribution is -0.165. The van der Waals surface area contributed by atoms with Gasteiger partial charge in [-0.3, -0.25) is 4.79 Å². The summed E-state index contributed by atoms with van der Waals surface area (Å²) < 4.78 is 26.7. The predicted octanol–water partition coefficient (Wildman–Crippen LogP) is 4.95. The lowest BCUT2D eigenvalue weighted by Gasteiger charge is -2.26. The van der Waals surface area contributed by atoms with E-state index in [0.717, 1.165) is 0 Å². The van der Waals surface area contributed by atoms with Gasteiger partial charge in [0.1, 0.15) is 28.4 Å². The molecular formula is C29H52N2O10. The second-order valence-corrected chi connectivity index (χ2v) is 13.7. The van der Waals surface area contributed by atoms with E-state index in [4.69, 9.17) is 23.7 Å². The minimum Gasteiger partial charge on any atom is -0.460 e. The van der Waals surface area contributed by atoms with Gasteiger partial charge in [0, 0.05) is 13.0 Å². The molecule has 0 saturated heterocycles. The van der Waals surface area contributed by atoms with Crippen molar-refractivity contribution in [1.29, 1.82) is 0 Å². The van der Waals surface area contributed by atoms with Crippen LogP contribution in [0.3, 0.4) is 0 Å². The van der Waals surface area contributed by atoms with Gasteiger partial charge >= 0.3 is 30.1 Å². The standard InChI is InChI=1S/C29H52N2O10/c1-26(2,3)38-21(32)17-16-19(22(33)39-27(4,5)6)31-25(36)37-20(23(34)40-28(7,8)9)15-13-14-18-30-24(35)41-29(10,11)12/h19-20H,13-18H2,1-12H3,(H,30,35)(H,31,36). The maximum absolute atomic E-state index is 12.8. The van der Waals surface area contributed by atoms with Gasteiger partial charge in [-0.05, 0) is 109 Å². The van der Waals surface area contributed by atoms with Gasteiger partial charge < -0.3 is 34.3 Å². The molecule has 0 radical (unpaired) electrons. The molecule has 0 aromatic rings. The first-order chi connectivity index (χ1) is 18.4. The summed E-state index contributed by atoms with van der Waals surface area (Å²) in [6, 6.07) is -1.23. The van der Waals surface area contributed by atoms with Crippen molar-refractivity contribution in [2.24, 2.45) is 0 Å². The van der Waals surface area contributed by atoms with Crippen LogP contribution in [0.25, 0.3) is 0 Å². The van der Waals surface area contributed by atoms with Crippen molar-refractivity contribution in [3.05, 3.63) is 0 Å². The Labute approximate surface area is 244 Å². The third-order valence-electron chi connectivity index (χ3n) is 4.52. The molecule has 12 heteroatoms. The first kappa shape index (κ1) is 38.0. The van der Waals surface area contributed by atoms with E-state index in [9.17, 15) is 24.0 Å². The minimum absolute atomic E-state index is 0.105. The summed E-state index contributed by atoms with van der Waals surface area (Å²) in [6.07, 6.45) is -2.17. The molecule has 0 saturated carbocycles. The van der Waals surface area contributed by atoms with Crippen LogP contribution >= 0.6 is 0 Å². The Hall–Kier alpha value is -3.05. The summed E-state index contributed by atoms with van der Waals surface area (Å²) in [7, 11) is 0. The Morgan fingerprint density at radius 2 is 1.07 bits per heavy atom. The van der Waals surface area contributed by atoms with Crippen LogP contribution in [0.2, 0.25) is 0 Å². The highest BCUT2D eigenvalue weighted by Gasteiger charge is 2.32. The van der Waals surface area contributed by atoms with E-state index >= 15 is 0 Å². The van der Waals surface area contributed by atoms with Crippen molar-refractivity contribution in [1.82, 2.24) is 10.6 Å². The van der Waals surface area contributed by atoms with Crippen molar-refractivity contribution in [2.75, 3.05) is 6.54 Å². The number of ether oxygens (including phenoxy) is 5. The Morgan fingerprint density at radius 1 is 0.585 bits per heavy atom. The Balaban J connectivity index is 5.38. The van der Waals surface area contributed by atoms with Crippen LogP contribution in [0.4, 0.5) is 9.59 Å². The van der Waals surface area contributed by atoms with Crippen LogP contribution in [0.1, 0.15) is 115 Å². The molecule has 0 aliphatic heterocycles. The lowest BCUT2D eigenvalue weighted by Crippen LogP contribution is -2.46. The number of carbonyl (C=O) groups is 5. The largest absolute Gasteiger partial charge is 0.460 e. The van der Waals surface area contributed by atoms with Crippen molar-refractivity contribution in [2.45, 2.75) is 150 Å². The highest BCUT2D eigenvalue weighted by Crippen LogP contribution is 2.16. The molecule has 238 valence electrons. The number of carbonyl (C=O) groups excluding carboxylic acids is 5. The third-order valence-corrected chi connectivity index (χ3v) is 4.52.